The summed E-state index contributed by atoms with van der Waals surface area (Å²) in [5, 5.41) is 8.26. The number of benzene rings is 1. The van der Waals surface area contributed by atoms with E-state index in [2.05, 4.69) is 37.6 Å². The van der Waals surface area contributed by atoms with Gasteiger partial charge in [0.15, 0.2) is 5.82 Å². The Hall–Kier alpha value is -1.36. The summed E-state index contributed by atoms with van der Waals surface area (Å²) in [6, 6.07) is 5.78. The normalized spacial score (nSPS) is 10.7. The summed E-state index contributed by atoms with van der Waals surface area (Å²) in [6.45, 7) is 4.88. The zero-order valence-corrected chi connectivity index (χ0v) is 10.8. The van der Waals surface area contributed by atoms with Crippen molar-refractivity contribution < 1.29 is 0 Å². The lowest BCUT2D eigenvalue weighted by molar-refractivity contribution is 0.737. The maximum Gasteiger partial charge on any atom is 0.163 e. The molecule has 1 aromatic heterocycles. The molecular formula is C11H13BrN4. The molecule has 16 heavy (non-hydrogen) atoms. The molecule has 0 saturated carbocycles. The Morgan fingerprint density at radius 2 is 2.12 bits per heavy atom. The van der Waals surface area contributed by atoms with Gasteiger partial charge in [-0.1, -0.05) is 0 Å². The number of anilines is 1. The molecule has 0 saturated heterocycles. The monoisotopic (exact) mass is 280 g/mol. The molecule has 2 N–H and O–H groups in total. The minimum Gasteiger partial charge on any atom is -0.398 e. The van der Waals surface area contributed by atoms with E-state index in [-0.39, 0.29) is 0 Å². The molecule has 1 aromatic carbocycles. The Morgan fingerprint density at radius 1 is 1.38 bits per heavy atom. The molecule has 0 amide bonds. The van der Waals surface area contributed by atoms with E-state index in [0.29, 0.717) is 0 Å². The van der Waals surface area contributed by atoms with Gasteiger partial charge < -0.3 is 10.3 Å². The summed E-state index contributed by atoms with van der Waals surface area (Å²) in [4.78, 5) is 0. The third-order valence-corrected chi connectivity index (χ3v) is 3.20. The zero-order valence-electron chi connectivity index (χ0n) is 9.24. The summed E-state index contributed by atoms with van der Waals surface area (Å²) in [5.74, 6) is 1.80. The second-order valence-electron chi connectivity index (χ2n) is 3.55. The summed E-state index contributed by atoms with van der Waals surface area (Å²) in [6.07, 6.45) is 0. The molecule has 1 heterocycles. The molecule has 5 heteroatoms. The number of rotatable bonds is 2. The van der Waals surface area contributed by atoms with Crippen molar-refractivity contribution in [1.82, 2.24) is 14.8 Å². The SMILES string of the molecule is CCn1c(C)nnc1-c1ccc(N)c(Br)c1. The largest absolute Gasteiger partial charge is 0.398 e. The number of aryl methyl sites for hydroxylation is 1. The Kier molecular flexibility index (Phi) is 2.96. The van der Waals surface area contributed by atoms with Crippen LogP contribution < -0.4 is 5.73 Å². The quantitative estimate of drug-likeness (QED) is 0.861. The Bertz CT molecular complexity index is 519. The third kappa shape index (κ3) is 1.82. The van der Waals surface area contributed by atoms with E-state index < -0.39 is 0 Å². The zero-order chi connectivity index (χ0) is 11.7. The first kappa shape index (κ1) is 11.1. The van der Waals surface area contributed by atoms with Gasteiger partial charge in [-0.3, -0.25) is 0 Å². The Morgan fingerprint density at radius 3 is 2.75 bits per heavy atom. The van der Waals surface area contributed by atoms with E-state index in [0.717, 1.165) is 33.9 Å². The second-order valence-corrected chi connectivity index (χ2v) is 4.41. The van der Waals surface area contributed by atoms with Gasteiger partial charge in [0.05, 0.1) is 0 Å². The Balaban J connectivity index is 2.54. The van der Waals surface area contributed by atoms with Crippen LogP contribution in [0.2, 0.25) is 0 Å². The first-order valence-electron chi connectivity index (χ1n) is 5.08. The number of nitrogens with two attached hydrogens (primary N) is 1. The molecule has 2 aromatic rings. The number of nitrogen functional groups attached to an aromatic ring is 1. The minimum atomic E-state index is 0.725. The van der Waals surface area contributed by atoms with Gasteiger partial charge in [-0.15, -0.1) is 10.2 Å². The van der Waals surface area contributed by atoms with E-state index in [1.54, 1.807) is 0 Å². The first-order chi connectivity index (χ1) is 7.63. The van der Waals surface area contributed by atoms with Crippen molar-refractivity contribution in [3.05, 3.63) is 28.5 Å². The first-order valence-corrected chi connectivity index (χ1v) is 5.88. The highest BCUT2D eigenvalue weighted by Gasteiger charge is 2.10. The van der Waals surface area contributed by atoms with Crippen LogP contribution in [0.3, 0.4) is 0 Å². The topological polar surface area (TPSA) is 56.7 Å². The number of hydrogen-bond donors (Lipinski definition) is 1. The van der Waals surface area contributed by atoms with Gasteiger partial charge in [-0.05, 0) is 48.0 Å². The lowest BCUT2D eigenvalue weighted by Crippen LogP contribution is -2.00. The van der Waals surface area contributed by atoms with E-state index in [4.69, 9.17) is 5.73 Å². The smallest absolute Gasteiger partial charge is 0.163 e. The van der Waals surface area contributed by atoms with Crippen molar-refractivity contribution in [3.63, 3.8) is 0 Å². The fourth-order valence-electron chi connectivity index (χ4n) is 1.64. The van der Waals surface area contributed by atoms with E-state index in [9.17, 15) is 0 Å². The van der Waals surface area contributed by atoms with Crippen molar-refractivity contribution in [3.8, 4) is 11.4 Å². The lowest BCUT2D eigenvalue weighted by Gasteiger charge is -2.06. The van der Waals surface area contributed by atoms with Crippen LogP contribution in [-0.2, 0) is 6.54 Å². The highest BCUT2D eigenvalue weighted by atomic mass is 79.9. The third-order valence-electron chi connectivity index (χ3n) is 2.51. The van der Waals surface area contributed by atoms with Crippen LogP contribution in [0.1, 0.15) is 12.7 Å². The maximum absolute atomic E-state index is 5.75. The minimum absolute atomic E-state index is 0.725. The predicted octanol–water partition coefficient (Wildman–Crippen LogP) is 2.62. The van der Waals surface area contributed by atoms with E-state index in [1.807, 2.05) is 25.1 Å². The van der Waals surface area contributed by atoms with Gasteiger partial charge in [0.25, 0.3) is 0 Å². The van der Waals surface area contributed by atoms with E-state index >= 15 is 0 Å². The fourth-order valence-corrected chi connectivity index (χ4v) is 2.02. The van der Waals surface area contributed by atoms with Crippen molar-refractivity contribution in [2.75, 3.05) is 5.73 Å². The van der Waals surface area contributed by atoms with Crippen molar-refractivity contribution in [2.45, 2.75) is 20.4 Å². The highest BCUT2D eigenvalue weighted by Crippen LogP contribution is 2.26. The molecule has 0 fully saturated rings. The van der Waals surface area contributed by atoms with Gasteiger partial charge in [0.1, 0.15) is 5.82 Å². The summed E-state index contributed by atoms with van der Waals surface area (Å²) >= 11 is 3.41. The van der Waals surface area contributed by atoms with Gasteiger partial charge in [0.2, 0.25) is 0 Å². The molecule has 2 rings (SSSR count). The Labute approximate surface area is 103 Å². The maximum atomic E-state index is 5.75. The van der Waals surface area contributed by atoms with E-state index in [1.165, 1.54) is 0 Å². The van der Waals surface area contributed by atoms with Gasteiger partial charge >= 0.3 is 0 Å². The van der Waals surface area contributed by atoms with Crippen molar-refractivity contribution in [1.29, 1.82) is 0 Å². The van der Waals surface area contributed by atoms with Crippen LogP contribution in [0, 0.1) is 6.92 Å². The van der Waals surface area contributed by atoms with Crippen LogP contribution >= 0.6 is 15.9 Å². The molecule has 0 aliphatic carbocycles. The van der Waals surface area contributed by atoms with Gasteiger partial charge in [-0.2, -0.15) is 0 Å². The molecule has 0 unspecified atom stereocenters. The molecule has 0 radical (unpaired) electrons. The second kappa shape index (κ2) is 4.25. The average Bonchev–Trinajstić information content (AvgIpc) is 2.63. The summed E-state index contributed by atoms with van der Waals surface area (Å²) in [7, 11) is 0. The summed E-state index contributed by atoms with van der Waals surface area (Å²) < 4.78 is 2.95. The van der Waals surface area contributed by atoms with Gasteiger partial charge in [0, 0.05) is 22.3 Å². The lowest BCUT2D eigenvalue weighted by atomic mass is 10.2. The molecule has 4 nitrogen and oxygen atoms in total. The van der Waals surface area contributed by atoms with Crippen molar-refractivity contribution >= 4 is 21.6 Å². The molecule has 0 atom stereocenters. The van der Waals surface area contributed by atoms with Crippen LogP contribution in [-0.4, -0.2) is 14.8 Å². The number of hydrogen-bond acceptors (Lipinski definition) is 3. The molecule has 0 aliphatic heterocycles. The molecule has 0 bridgehead atoms. The van der Waals surface area contributed by atoms with Gasteiger partial charge in [-0.25, -0.2) is 0 Å². The standard InChI is InChI=1S/C11H13BrN4/c1-3-16-7(2)14-15-11(16)8-4-5-10(13)9(12)6-8/h4-6H,3,13H2,1-2H3. The number of aromatic nitrogens is 3. The predicted molar refractivity (Wildman–Crippen MR) is 68.0 cm³/mol. The molecule has 0 aliphatic rings. The average molecular weight is 281 g/mol. The molecular weight excluding hydrogens is 268 g/mol. The van der Waals surface area contributed by atoms with Crippen LogP contribution in [0.15, 0.2) is 22.7 Å². The molecule has 84 valence electrons. The fraction of sp³-hybridized carbons (Fsp3) is 0.273. The van der Waals surface area contributed by atoms with Crippen LogP contribution in [0.25, 0.3) is 11.4 Å². The van der Waals surface area contributed by atoms with Crippen LogP contribution in [0.4, 0.5) is 5.69 Å². The highest BCUT2D eigenvalue weighted by molar-refractivity contribution is 9.10. The van der Waals surface area contributed by atoms with Crippen LogP contribution in [0.5, 0.6) is 0 Å². The summed E-state index contributed by atoms with van der Waals surface area (Å²) in [5.41, 5.74) is 7.50. The van der Waals surface area contributed by atoms with Crippen molar-refractivity contribution in [2.24, 2.45) is 0 Å². The molecule has 0 spiro atoms. The number of nitrogens with zero attached hydrogens (tertiary/aromatic N) is 3. The number of halogens is 1.